The summed E-state index contributed by atoms with van der Waals surface area (Å²) in [6.07, 6.45) is 1.03. The van der Waals surface area contributed by atoms with E-state index in [1.807, 2.05) is 6.92 Å². The Balaban J connectivity index is 2.26. The van der Waals surface area contributed by atoms with Crippen LogP contribution in [0.15, 0.2) is 34.3 Å². The van der Waals surface area contributed by atoms with Gasteiger partial charge in [-0.3, -0.25) is 0 Å². The van der Waals surface area contributed by atoms with Gasteiger partial charge in [-0.25, -0.2) is 23.1 Å². The zero-order valence-electron chi connectivity index (χ0n) is 9.95. The predicted molar refractivity (Wildman–Crippen MR) is 66.6 cm³/mol. The molecule has 0 radical (unpaired) electrons. The second-order valence-corrected chi connectivity index (χ2v) is 4.62. The van der Waals surface area contributed by atoms with Gasteiger partial charge in [0, 0.05) is 11.4 Å². The molecular weight excluding hydrogens is 275 g/mol. The minimum atomic E-state index is -0.980. The van der Waals surface area contributed by atoms with Gasteiger partial charge in [0.25, 0.3) is 0 Å². The Morgan fingerprint density at radius 2 is 1.95 bits per heavy atom. The molecule has 7 heteroatoms. The van der Waals surface area contributed by atoms with E-state index in [0.717, 1.165) is 30.1 Å². The molecule has 0 atom stereocenters. The standard InChI is InChI=1S/C12H10F3N3S/c1-2-16-12-17-6-10(15)11(18-12)19-7-3-4-8(13)9(14)5-7/h3-6H,2H2,1H3,(H,16,17,18). The number of rotatable bonds is 4. The van der Waals surface area contributed by atoms with E-state index in [2.05, 4.69) is 15.3 Å². The maximum atomic E-state index is 13.5. The first-order chi connectivity index (χ1) is 9.10. The Morgan fingerprint density at radius 1 is 1.16 bits per heavy atom. The Hall–Kier alpha value is -1.76. The number of anilines is 1. The highest BCUT2D eigenvalue weighted by molar-refractivity contribution is 7.99. The van der Waals surface area contributed by atoms with Crippen LogP contribution in [0.25, 0.3) is 0 Å². The van der Waals surface area contributed by atoms with Gasteiger partial charge in [0.05, 0.1) is 6.20 Å². The summed E-state index contributed by atoms with van der Waals surface area (Å²) in [5.74, 6) is -2.25. The van der Waals surface area contributed by atoms with E-state index in [0.29, 0.717) is 11.4 Å². The molecule has 0 unspecified atom stereocenters. The molecule has 0 spiro atoms. The molecule has 1 heterocycles. The van der Waals surface area contributed by atoms with Gasteiger partial charge < -0.3 is 5.32 Å². The molecule has 1 N–H and O–H groups in total. The van der Waals surface area contributed by atoms with Crippen molar-refractivity contribution in [2.45, 2.75) is 16.8 Å². The first-order valence-corrected chi connectivity index (χ1v) is 6.31. The van der Waals surface area contributed by atoms with Crippen molar-refractivity contribution < 1.29 is 13.2 Å². The maximum absolute atomic E-state index is 13.5. The van der Waals surface area contributed by atoms with Gasteiger partial charge in [-0.15, -0.1) is 0 Å². The van der Waals surface area contributed by atoms with E-state index < -0.39 is 17.5 Å². The van der Waals surface area contributed by atoms with Crippen molar-refractivity contribution in [3.63, 3.8) is 0 Å². The molecule has 0 bridgehead atoms. The van der Waals surface area contributed by atoms with Gasteiger partial charge in [-0.1, -0.05) is 11.8 Å². The highest BCUT2D eigenvalue weighted by Gasteiger charge is 2.10. The molecule has 0 saturated carbocycles. The summed E-state index contributed by atoms with van der Waals surface area (Å²) < 4.78 is 39.4. The molecule has 1 aromatic carbocycles. The van der Waals surface area contributed by atoms with Gasteiger partial charge in [0.2, 0.25) is 5.95 Å². The lowest BCUT2D eigenvalue weighted by atomic mass is 10.3. The predicted octanol–water partition coefficient (Wildman–Crippen LogP) is 3.48. The van der Waals surface area contributed by atoms with Crippen LogP contribution in [-0.4, -0.2) is 16.5 Å². The molecule has 1 aromatic heterocycles. The minimum absolute atomic E-state index is 0.0527. The summed E-state index contributed by atoms with van der Waals surface area (Å²) >= 11 is 0.904. The molecule has 2 aromatic rings. The van der Waals surface area contributed by atoms with Gasteiger partial charge >= 0.3 is 0 Å². The van der Waals surface area contributed by atoms with Crippen LogP contribution in [0.3, 0.4) is 0 Å². The smallest absolute Gasteiger partial charge is 0.223 e. The highest BCUT2D eigenvalue weighted by atomic mass is 32.2. The SMILES string of the molecule is CCNc1ncc(F)c(Sc2ccc(F)c(F)c2)n1. The van der Waals surface area contributed by atoms with Crippen molar-refractivity contribution in [2.75, 3.05) is 11.9 Å². The van der Waals surface area contributed by atoms with E-state index in [4.69, 9.17) is 0 Å². The highest BCUT2D eigenvalue weighted by Crippen LogP contribution is 2.29. The third-order valence-corrected chi connectivity index (χ3v) is 3.12. The molecular formula is C12H10F3N3S. The van der Waals surface area contributed by atoms with Gasteiger partial charge in [0.1, 0.15) is 5.03 Å². The second kappa shape index (κ2) is 5.92. The van der Waals surface area contributed by atoms with E-state index in [-0.39, 0.29) is 11.0 Å². The summed E-state index contributed by atoms with van der Waals surface area (Å²) in [7, 11) is 0. The van der Waals surface area contributed by atoms with Crippen LogP contribution in [0.4, 0.5) is 19.1 Å². The Morgan fingerprint density at radius 3 is 2.63 bits per heavy atom. The summed E-state index contributed by atoms with van der Waals surface area (Å²) in [6, 6.07) is 3.34. The summed E-state index contributed by atoms with van der Waals surface area (Å²) in [5, 5.41) is 2.90. The van der Waals surface area contributed by atoms with Crippen LogP contribution in [0, 0.1) is 17.5 Å². The molecule has 2 rings (SSSR count). The molecule has 3 nitrogen and oxygen atoms in total. The molecule has 0 amide bonds. The number of benzene rings is 1. The average Bonchev–Trinajstić information content (AvgIpc) is 2.38. The van der Waals surface area contributed by atoms with E-state index in [1.165, 1.54) is 6.07 Å². The normalized spacial score (nSPS) is 10.5. The van der Waals surface area contributed by atoms with Gasteiger partial charge in [-0.2, -0.15) is 0 Å². The Kier molecular flexibility index (Phi) is 4.26. The fourth-order valence-corrected chi connectivity index (χ4v) is 2.12. The van der Waals surface area contributed by atoms with Crippen molar-refractivity contribution in [3.05, 3.63) is 41.8 Å². The van der Waals surface area contributed by atoms with Crippen molar-refractivity contribution in [3.8, 4) is 0 Å². The zero-order chi connectivity index (χ0) is 13.8. The van der Waals surface area contributed by atoms with Crippen LogP contribution >= 0.6 is 11.8 Å². The summed E-state index contributed by atoms with van der Waals surface area (Å²) in [5.41, 5.74) is 0. The first-order valence-electron chi connectivity index (χ1n) is 5.49. The van der Waals surface area contributed by atoms with Gasteiger partial charge in [-0.05, 0) is 25.1 Å². The summed E-state index contributed by atoms with van der Waals surface area (Å²) in [4.78, 5) is 8.08. The van der Waals surface area contributed by atoms with Gasteiger partial charge in [0.15, 0.2) is 17.5 Å². The lowest BCUT2D eigenvalue weighted by molar-refractivity contribution is 0.506. The number of halogens is 3. The molecule has 0 aliphatic carbocycles. The van der Waals surface area contributed by atoms with Crippen LogP contribution in [0.5, 0.6) is 0 Å². The number of hydrogen-bond acceptors (Lipinski definition) is 4. The lowest BCUT2D eigenvalue weighted by Crippen LogP contribution is -2.03. The Bertz CT molecular complexity index is 592. The van der Waals surface area contributed by atoms with E-state index in [9.17, 15) is 13.2 Å². The van der Waals surface area contributed by atoms with Crippen LogP contribution in [-0.2, 0) is 0 Å². The monoisotopic (exact) mass is 285 g/mol. The molecule has 0 aliphatic rings. The zero-order valence-corrected chi connectivity index (χ0v) is 10.8. The average molecular weight is 285 g/mol. The molecule has 0 saturated heterocycles. The lowest BCUT2D eigenvalue weighted by Gasteiger charge is -2.05. The van der Waals surface area contributed by atoms with Crippen molar-refractivity contribution in [1.29, 1.82) is 0 Å². The molecule has 100 valence electrons. The summed E-state index contributed by atoms with van der Waals surface area (Å²) in [6.45, 7) is 2.45. The minimum Gasteiger partial charge on any atom is -0.354 e. The van der Waals surface area contributed by atoms with Crippen LogP contribution in [0.2, 0.25) is 0 Å². The molecule has 19 heavy (non-hydrogen) atoms. The topological polar surface area (TPSA) is 37.8 Å². The maximum Gasteiger partial charge on any atom is 0.223 e. The fourth-order valence-electron chi connectivity index (χ4n) is 1.32. The second-order valence-electron chi connectivity index (χ2n) is 3.56. The number of aromatic nitrogens is 2. The van der Waals surface area contributed by atoms with Crippen molar-refractivity contribution >= 4 is 17.7 Å². The van der Waals surface area contributed by atoms with Crippen molar-refractivity contribution in [1.82, 2.24) is 9.97 Å². The number of hydrogen-bond donors (Lipinski definition) is 1. The van der Waals surface area contributed by atoms with Crippen molar-refractivity contribution in [2.24, 2.45) is 0 Å². The van der Waals surface area contributed by atoms with E-state index >= 15 is 0 Å². The third-order valence-electron chi connectivity index (χ3n) is 2.15. The first kappa shape index (κ1) is 13.7. The Labute approximate surface area is 112 Å². The van der Waals surface area contributed by atoms with E-state index in [1.54, 1.807) is 0 Å². The van der Waals surface area contributed by atoms with Crippen LogP contribution in [0.1, 0.15) is 6.92 Å². The third kappa shape index (κ3) is 3.37. The fraction of sp³-hybridized carbons (Fsp3) is 0.167. The van der Waals surface area contributed by atoms with Crippen LogP contribution < -0.4 is 5.32 Å². The largest absolute Gasteiger partial charge is 0.354 e. The molecule has 0 aliphatic heterocycles. The molecule has 0 fully saturated rings. The quantitative estimate of drug-likeness (QED) is 0.873. The number of nitrogens with one attached hydrogen (secondary N) is 1. The number of nitrogens with zero attached hydrogens (tertiary/aromatic N) is 2.